The Morgan fingerprint density at radius 2 is 1.90 bits per heavy atom. The number of rotatable bonds is 6. The fourth-order valence-corrected chi connectivity index (χ4v) is 2.39. The summed E-state index contributed by atoms with van der Waals surface area (Å²) in [6.45, 7) is 8.71. The number of nitrogens with zero attached hydrogens (tertiary/aromatic N) is 3. The lowest BCUT2D eigenvalue weighted by atomic mass is 10.1. The van der Waals surface area contributed by atoms with Crippen molar-refractivity contribution in [2.45, 2.75) is 33.9 Å². The number of benzene rings is 1. The Balaban J connectivity index is 2.03. The Bertz CT molecular complexity index is 595. The van der Waals surface area contributed by atoms with Gasteiger partial charge in [-0.05, 0) is 33.4 Å². The standard InChI is InChI=1S/C17H24N4/c1-5-18-16-10-14(3)19-17(20-16)12-21(4)11-15-8-6-7-13(2)9-15/h6-10H,5,11-12H2,1-4H3,(H,18,19,20). The molecule has 4 nitrogen and oxygen atoms in total. The van der Waals surface area contributed by atoms with Gasteiger partial charge in [-0.15, -0.1) is 0 Å². The molecule has 0 bridgehead atoms. The molecule has 0 amide bonds. The summed E-state index contributed by atoms with van der Waals surface area (Å²) in [4.78, 5) is 11.3. The highest BCUT2D eigenvalue weighted by molar-refractivity contribution is 5.35. The van der Waals surface area contributed by atoms with E-state index in [2.05, 4.69) is 65.3 Å². The molecule has 21 heavy (non-hydrogen) atoms. The number of anilines is 1. The van der Waals surface area contributed by atoms with Crippen molar-refractivity contribution >= 4 is 5.82 Å². The van der Waals surface area contributed by atoms with Gasteiger partial charge in [-0.3, -0.25) is 4.90 Å². The van der Waals surface area contributed by atoms with Crippen LogP contribution in [-0.4, -0.2) is 28.5 Å². The minimum Gasteiger partial charge on any atom is -0.370 e. The molecule has 0 aliphatic carbocycles. The first-order valence-corrected chi connectivity index (χ1v) is 7.39. The molecule has 0 saturated carbocycles. The summed E-state index contributed by atoms with van der Waals surface area (Å²) in [7, 11) is 2.10. The first-order valence-electron chi connectivity index (χ1n) is 7.39. The zero-order valence-corrected chi connectivity index (χ0v) is 13.3. The van der Waals surface area contributed by atoms with Gasteiger partial charge in [-0.25, -0.2) is 9.97 Å². The van der Waals surface area contributed by atoms with Crippen LogP contribution in [0.3, 0.4) is 0 Å². The molecule has 1 heterocycles. The molecule has 0 saturated heterocycles. The van der Waals surface area contributed by atoms with Gasteiger partial charge in [0, 0.05) is 24.8 Å². The van der Waals surface area contributed by atoms with Gasteiger partial charge in [-0.2, -0.15) is 0 Å². The molecule has 0 fully saturated rings. The molecular formula is C17H24N4. The van der Waals surface area contributed by atoms with Crippen LogP contribution in [0.1, 0.15) is 29.6 Å². The number of hydrogen-bond acceptors (Lipinski definition) is 4. The third kappa shape index (κ3) is 4.83. The fraction of sp³-hybridized carbons (Fsp3) is 0.412. The SMILES string of the molecule is CCNc1cc(C)nc(CN(C)Cc2cccc(C)c2)n1. The summed E-state index contributed by atoms with van der Waals surface area (Å²) >= 11 is 0. The summed E-state index contributed by atoms with van der Waals surface area (Å²) in [5.74, 6) is 1.77. The highest BCUT2D eigenvalue weighted by atomic mass is 15.1. The molecule has 4 heteroatoms. The lowest BCUT2D eigenvalue weighted by molar-refractivity contribution is 0.310. The Kier molecular flexibility index (Phi) is 5.28. The van der Waals surface area contributed by atoms with E-state index in [9.17, 15) is 0 Å². The first kappa shape index (κ1) is 15.4. The van der Waals surface area contributed by atoms with Crippen molar-refractivity contribution in [3.63, 3.8) is 0 Å². The molecule has 1 aromatic heterocycles. The maximum Gasteiger partial charge on any atom is 0.144 e. The summed E-state index contributed by atoms with van der Waals surface area (Å²) in [5.41, 5.74) is 3.61. The molecule has 1 N–H and O–H groups in total. The van der Waals surface area contributed by atoms with E-state index in [1.165, 1.54) is 11.1 Å². The van der Waals surface area contributed by atoms with Gasteiger partial charge in [0.25, 0.3) is 0 Å². The second kappa shape index (κ2) is 7.18. The minimum absolute atomic E-state index is 0.744. The smallest absolute Gasteiger partial charge is 0.144 e. The van der Waals surface area contributed by atoms with Crippen LogP contribution < -0.4 is 5.32 Å². The molecule has 0 radical (unpaired) electrons. The number of nitrogens with one attached hydrogen (secondary N) is 1. The van der Waals surface area contributed by atoms with Crippen LogP contribution in [0.5, 0.6) is 0 Å². The molecule has 0 aliphatic rings. The molecular weight excluding hydrogens is 260 g/mol. The van der Waals surface area contributed by atoms with E-state index in [-0.39, 0.29) is 0 Å². The summed E-state index contributed by atoms with van der Waals surface area (Å²) in [6, 6.07) is 10.6. The normalized spacial score (nSPS) is 10.9. The summed E-state index contributed by atoms with van der Waals surface area (Å²) < 4.78 is 0. The second-order valence-electron chi connectivity index (χ2n) is 5.50. The summed E-state index contributed by atoms with van der Waals surface area (Å²) in [5, 5.41) is 3.25. The van der Waals surface area contributed by atoms with Gasteiger partial charge in [-0.1, -0.05) is 29.8 Å². The van der Waals surface area contributed by atoms with Crippen LogP contribution in [0.2, 0.25) is 0 Å². The van der Waals surface area contributed by atoms with Gasteiger partial charge in [0.05, 0.1) is 6.54 Å². The van der Waals surface area contributed by atoms with Crippen molar-refractivity contribution in [1.29, 1.82) is 0 Å². The monoisotopic (exact) mass is 284 g/mol. The van der Waals surface area contributed by atoms with Crippen molar-refractivity contribution in [1.82, 2.24) is 14.9 Å². The zero-order valence-electron chi connectivity index (χ0n) is 13.3. The van der Waals surface area contributed by atoms with Gasteiger partial charge >= 0.3 is 0 Å². The molecule has 0 spiro atoms. The summed E-state index contributed by atoms with van der Waals surface area (Å²) in [6.07, 6.45) is 0. The van der Waals surface area contributed by atoms with Gasteiger partial charge < -0.3 is 5.32 Å². The molecule has 1 aromatic carbocycles. The van der Waals surface area contributed by atoms with E-state index >= 15 is 0 Å². The van der Waals surface area contributed by atoms with Gasteiger partial charge in [0.15, 0.2) is 0 Å². The highest BCUT2D eigenvalue weighted by Gasteiger charge is 2.06. The number of aryl methyl sites for hydroxylation is 2. The fourth-order valence-electron chi connectivity index (χ4n) is 2.39. The van der Waals surface area contributed by atoms with E-state index in [1.54, 1.807) is 0 Å². The first-order chi connectivity index (χ1) is 10.1. The largest absolute Gasteiger partial charge is 0.370 e. The van der Waals surface area contributed by atoms with Crippen molar-refractivity contribution in [3.8, 4) is 0 Å². The van der Waals surface area contributed by atoms with E-state index in [4.69, 9.17) is 0 Å². The maximum atomic E-state index is 4.56. The molecule has 2 aromatic rings. The van der Waals surface area contributed by atoms with Crippen molar-refractivity contribution in [3.05, 3.63) is 53.0 Å². The Hall–Kier alpha value is -1.94. The highest BCUT2D eigenvalue weighted by Crippen LogP contribution is 2.10. The predicted molar refractivity (Wildman–Crippen MR) is 87.3 cm³/mol. The Labute approximate surface area is 127 Å². The van der Waals surface area contributed by atoms with Gasteiger partial charge in [0.1, 0.15) is 11.6 Å². The topological polar surface area (TPSA) is 41.1 Å². The van der Waals surface area contributed by atoms with Crippen LogP contribution in [0.25, 0.3) is 0 Å². The Morgan fingerprint density at radius 3 is 2.62 bits per heavy atom. The van der Waals surface area contributed by atoms with Gasteiger partial charge in [0.2, 0.25) is 0 Å². The molecule has 112 valence electrons. The van der Waals surface area contributed by atoms with Crippen LogP contribution in [0.15, 0.2) is 30.3 Å². The third-order valence-electron chi connectivity index (χ3n) is 3.20. The van der Waals surface area contributed by atoms with E-state index in [1.807, 2.05) is 13.0 Å². The van der Waals surface area contributed by atoms with E-state index in [0.717, 1.165) is 37.0 Å². The molecule has 0 unspecified atom stereocenters. The van der Waals surface area contributed by atoms with E-state index < -0.39 is 0 Å². The molecule has 0 aliphatic heterocycles. The second-order valence-corrected chi connectivity index (χ2v) is 5.50. The average molecular weight is 284 g/mol. The third-order valence-corrected chi connectivity index (χ3v) is 3.20. The lowest BCUT2D eigenvalue weighted by Gasteiger charge is -2.17. The lowest BCUT2D eigenvalue weighted by Crippen LogP contribution is -2.19. The van der Waals surface area contributed by atoms with Crippen molar-refractivity contribution in [2.75, 3.05) is 18.9 Å². The van der Waals surface area contributed by atoms with Crippen LogP contribution >= 0.6 is 0 Å². The molecule has 2 rings (SSSR count). The number of hydrogen-bond donors (Lipinski definition) is 1. The maximum absolute atomic E-state index is 4.56. The van der Waals surface area contributed by atoms with E-state index in [0.29, 0.717) is 0 Å². The molecule has 0 atom stereocenters. The van der Waals surface area contributed by atoms with Crippen LogP contribution in [-0.2, 0) is 13.1 Å². The quantitative estimate of drug-likeness (QED) is 0.884. The van der Waals surface area contributed by atoms with Crippen molar-refractivity contribution in [2.24, 2.45) is 0 Å². The van der Waals surface area contributed by atoms with Crippen LogP contribution in [0, 0.1) is 13.8 Å². The van der Waals surface area contributed by atoms with Crippen LogP contribution in [0.4, 0.5) is 5.82 Å². The number of aromatic nitrogens is 2. The zero-order chi connectivity index (χ0) is 15.2. The minimum atomic E-state index is 0.744. The Morgan fingerprint density at radius 1 is 1.10 bits per heavy atom. The van der Waals surface area contributed by atoms with Crippen molar-refractivity contribution < 1.29 is 0 Å². The predicted octanol–water partition coefficient (Wildman–Crippen LogP) is 3.16. The average Bonchev–Trinajstić information content (AvgIpc) is 2.37.